The summed E-state index contributed by atoms with van der Waals surface area (Å²) in [6, 6.07) is 20.7. The molecule has 0 aliphatic carbocycles. The minimum absolute atomic E-state index is 0.241. The van der Waals surface area contributed by atoms with E-state index in [1.807, 2.05) is 21.9 Å². The Kier molecular flexibility index (Phi) is 12.2. The molecular weight excluding hydrogens is 504 g/mol. The Bertz CT molecular complexity index is 975. The molecule has 2 fully saturated rings. The molecule has 2 aromatic carbocycles. The van der Waals surface area contributed by atoms with Gasteiger partial charge in [-0.25, -0.2) is 0 Å². The minimum Gasteiger partial charge on any atom is -0.340 e. The van der Waals surface area contributed by atoms with E-state index in [-0.39, 0.29) is 11.8 Å². The van der Waals surface area contributed by atoms with Gasteiger partial charge in [-0.1, -0.05) is 85.0 Å². The van der Waals surface area contributed by atoms with Gasteiger partial charge in [0, 0.05) is 89.8 Å². The molecule has 0 bridgehead atoms. The lowest BCUT2D eigenvalue weighted by atomic mass is 10.2. The molecule has 2 amide bonds. The van der Waals surface area contributed by atoms with E-state index in [4.69, 9.17) is 0 Å². The second kappa shape index (κ2) is 16.3. The molecule has 0 saturated carbocycles. The van der Waals surface area contributed by atoms with Gasteiger partial charge in [-0.3, -0.25) is 19.4 Å². The van der Waals surface area contributed by atoms with Gasteiger partial charge in [0.15, 0.2) is 0 Å². The fraction of sp³-hybridized carbons (Fsp3) is 0.438. The molecule has 2 aliphatic rings. The number of hydrogen-bond acceptors (Lipinski definition) is 5. The molecule has 208 valence electrons. The number of hydrogen-bond donors (Lipinski definition) is 0. The van der Waals surface area contributed by atoms with Crippen molar-refractivity contribution in [3.8, 4) is 0 Å². The van der Waals surface area contributed by atoms with Crippen molar-refractivity contribution in [3.05, 3.63) is 83.9 Å². The third kappa shape index (κ3) is 10.3. The van der Waals surface area contributed by atoms with Crippen molar-refractivity contribution < 1.29 is 9.59 Å². The summed E-state index contributed by atoms with van der Waals surface area (Å²) < 4.78 is 0. The van der Waals surface area contributed by atoms with E-state index >= 15 is 0 Å². The van der Waals surface area contributed by atoms with Crippen LogP contribution in [0.1, 0.15) is 24.0 Å². The average Bonchev–Trinajstić information content (AvgIpc) is 2.98. The quantitative estimate of drug-likeness (QED) is 0.373. The maximum absolute atomic E-state index is 12.6. The van der Waals surface area contributed by atoms with Crippen molar-refractivity contribution in [2.24, 2.45) is 0 Å². The molecule has 6 nitrogen and oxygen atoms in total. The summed E-state index contributed by atoms with van der Waals surface area (Å²) in [5.41, 5.74) is 2.44. The fourth-order valence-electron chi connectivity index (χ4n) is 4.90. The van der Waals surface area contributed by atoms with Crippen molar-refractivity contribution >= 4 is 35.7 Å². The number of benzene rings is 2. The SMILES string of the molecule is O=C(CCSCCC(=O)N1CCN(CC=Cc2ccccc2)CC1)N1CCN(CC=Cc2ccccc2)CC1. The molecule has 0 aromatic heterocycles. The van der Waals surface area contributed by atoms with Crippen LogP contribution in [-0.4, -0.2) is 108 Å². The molecule has 2 aliphatic heterocycles. The number of carbonyl (C=O) groups is 2. The van der Waals surface area contributed by atoms with Crippen molar-refractivity contribution in [3.63, 3.8) is 0 Å². The highest BCUT2D eigenvalue weighted by Crippen LogP contribution is 2.12. The zero-order chi connectivity index (χ0) is 27.1. The highest BCUT2D eigenvalue weighted by molar-refractivity contribution is 7.99. The van der Waals surface area contributed by atoms with E-state index in [0.29, 0.717) is 12.8 Å². The lowest BCUT2D eigenvalue weighted by Gasteiger charge is -2.34. The zero-order valence-corrected chi connectivity index (χ0v) is 23.8. The second-order valence-corrected chi connectivity index (χ2v) is 11.3. The minimum atomic E-state index is 0.241. The topological polar surface area (TPSA) is 47.1 Å². The number of piperazine rings is 2. The summed E-state index contributed by atoms with van der Waals surface area (Å²) in [6.45, 7) is 8.72. The normalized spacial score (nSPS) is 17.3. The first-order valence-electron chi connectivity index (χ1n) is 14.2. The smallest absolute Gasteiger partial charge is 0.223 e. The number of rotatable bonds is 12. The largest absolute Gasteiger partial charge is 0.340 e. The molecule has 2 heterocycles. The Balaban J connectivity index is 1.01. The van der Waals surface area contributed by atoms with Crippen LogP contribution in [0.4, 0.5) is 0 Å². The molecule has 39 heavy (non-hydrogen) atoms. The molecule has 0 spiro atoms. The van der Waals surface area contributed by atoms with Crippen LogP contribution in [0.2, 0.25) is 0 Å². The number of nitrogens with zero attached hydrogens (tertiary/aromatic N) is 4. The monoisotopic (exact) mass is 546 g/mol. The molecule has 7 heteroatoms. The number of carbonyl (C=O) groups excluding carboxylic acids is 2. The lowest BCUT2D eigenvalue weighted by Crippen LogP contribution is -2.48. The Hall–Kier alpha value is -2.87. The summed E-state index contributed by atoms with van der Waals surface area (Å²) in [6.07, 6.45) is 9.84. The van der Waals surface area contributed by atoms with Crippen LogP contribution in [0.3, 0.4) is 0 Å². The highest BCUT2D eigenvalue weighted by atomic mass is 32.2. The van der Waals surface area contributed by atoms with Crippen LogP contribution in [0.25, 0.3) is 12.2 Å². The van der Waals surface area contributed by atoms with Crippen LogP contribution < -0.4 is 0 Å². The summed E-state index contributed by atoms with van der Waals surface area (Å²) in [5, 5.41) is 0. The summed E-state index contributed by atoms with van der Waals surface area (Å²) in [5.74, 6) is 2.05. The molecule has 2 aromatic rings. The van der Waals surface area contributed by atoms with E-state index in [1.165, 1.54) is 11.1 Å². The maximum Gasteiger partial charge on any atom is 0.223 e. The van der Waals surface area contributed by atoms with E-state index in [1.54, 1.807) is 11.8 Å². The van der Waals surface area contributed by atoms with Gasteiger partial charge in [0.1, 0.15) is 0 Å². The van der Waals surface area contributed by atoms with Gasteiger partial charge in [0.25, 0.3) is 0 Å². The van der Waals surface area contributed by atoms with Gasteiger partial charge in [-0.2, -0.15) is 11.8 Å². The van der Waals surface area contributed by atoms with Crippen LogP contribution in [-0.2, 0) is 9.59 Å². The summed E-state index contributed by atoms with van der Waals surface area (Å²) >= 11 is 1.72. The lowest BCUT2D eigenvalue weighted by molar-refractivity contribution is -0.133. The van der Waals surface area contributed by atoms with Crippen molar-refractivity contribution in [1.29, 1.82) is 0 Å². The Morgan fingerprint density at radius 3 is 1.36 bits per heavy atom. The Morgan fingerprint density at radius 1 is 0.590 bits per heavy atom. The van der Waals surface area contributed by atoms with Crippen LogP contribution >= 0.6 is 11.8 Å². The number of thioether (sulfide) groups is 1. The maximum atomic E-state index is 12.6. The fourth-order valence-corrected chi connectivity index (χ4v) is 5.74. The molecular formula is C32H42N4O2S. The van der Waals surface area contributed by atoms with E-state index in [2.05, 4.69) is 82.6 Å². The Morgan fingerprint density at radius 2 is 0.974 bits per heavy atom. The van der Waals surface area contributed by atoms with Gasteiger partial charge in [0.05, 0.1) is 0 Å². The van der Waals surface area contributed by atoms with E-state index in [9.17, 15) is 9.59 Å². The number of amides is 2. The summed E-state index contributed by atoms with van der Waals surface area (Å²) in [7, 11) is 0. The Labute approximate surface area is 238 Å². The first kappa shape index (κ1) is 29.1. The van der Waals surface area contributed by atoms with Gasteiger partial charge in [0.2, 0.25) is 11.8 Å². The van der Waals surface area contributed by atoms with Crippen LogP contribution in [0.5, 0.6) is 0 Å². The van der Waals surface area contributed by atoms with Gasteiger partial charge in [-0.05, 0) is 11.1 Å². The molecule has 2 saturated heterocycles. The summed E-state index contributed by atoms with van der Waals surface area (Å²) in [4.78, 5) is 34.0. The molecule has 0 radical (unpaired) electrons. The van der Waals surface area contributed by atoms with Gasteiger partial charge >= 0.3 is 0 Å². The van der Waals surface area contributed by atoms with E-state index in [0.717, 1.165) is 77.0 Å². The highest BCUT2D eigenvalue weighted by Gasteiger charge is 2.21. The molecule has 0 unspecified atom stereocenters. The second-order valence-electron chi connectivity index (χ2n) is 10.1. The average molecular weight is 547 g/mol. The van der Waals surface area contributed by atoms with Gasteiger partial charge < -0.3 is 9.80 Å². The van der Waals surface area contributed by atoms with Crippen LogP contribution in [0.15, 0.2) is 72.8 Å². The third-order valence-electron chi connectivity index (χ3n) is 7.32. The van der Waals surface area contributed by atoms with Crippen molar-refractivity contribution in [2.45, 2.75) is 12.8 Å². The first-order valence-corrected chi connectivity index (χ1v) is 15.3. The van der Waals surface area contributed by atoms with Gasteiger partial charge in [-0.15, -0.1) is 0 Å². The predicted molar refractivity (Wildman–Crippen MR) is 164 cm³/mol. The standard InChI is InChI=1S/C32H42N4O2S/c37-31(35-23-19-33(20-24-35)17-7-13-29-9-3-1-4-10-29)15-27-39-28-16-32(38)36-25-21-34(22-26-36)18-8-14-30-11-5-2-6-12-30/h1-14H,15-28H2. The zero-order valence-electron chi connectivity index (χ0n) is 23.0. The molecule has 4 rings (SSSR count). The molecule has 0 N–H and O–H groups in total. The van der Waals surface area contributed by atoms with Crippen LogP contribution in [0, 0.1) is 0 Å². The van der Waals surface area contributed by atoms with Crippen molar-refractivity contribution in [2.75, 3.05) is 77.0 Å². The first-order chi connectivity index (χ1) is 19.2. The third-order valence-corrected chi connectivity index (χ3v) is 8.30. The molecule has 0 atom stereocenters. The van der Waals surface area contributed by atoms with Crippen molar-refractivity contribution in [1.82, 2.24) is 19.6 Å². The van der Waals surface area contributed by atoms with E-state index < -0.39 is 0 Å². The predicted octanol–water partition coefficient (Wildman–Crippen LogP) is 4.22.